The highest BCUT2D eigenvalue weighted by molar-refractivity contribution is 6.06. The van der Waals surface area contributed by atoms with Gasteiger partial charge in [-0.1, -0.05) is 31.5 Å². The zero-order valence-corrected chi connectivity index (χ0v) is 19.7. The maximum Gasteiger partial charge on any atom is 0.275 e. The zero-order chi connectivity index (χ0) is 23.9. The van der Waals surface area contributed by atoms with Crippen LogP contribution in [-0.4, -0.2) is 31.3 Å². The summed E-state index contributed by atoms with van der Waals surface area (Å²) in [4.78, 5) is 16.2. The predicted octanol–water partition coefficient (Wildman–Crippen LogP) is 5.96. The topological polar surface area (TPSA) is 75.7 Å². The van der Waals surface area contributed by atoms with Gasteiger partial charge in [-0.3, -0.25) is 4.79 Å². The Hall–Kier alpha value is -4.06. The molecule has 0 unspecified atom stereocenters. The highest BCUT2D eigenvalue weighted by atomic mass is 16.5. The van der Waals surface area contributed by atoms with Gasteiger partial charge in [-0.05, 0) is 72.5 Å². The Morgan fingerprint density at radius 2 is 1.82 bits per heavy atom. The fourth-order valence-electron chi connectivity index (χ4n) is 3.96. The lowest BCUT2D eigenvalue weighted by atomic mass is 10.0. The molecule has 4 rings (SSSR count). The van der Waals surface area contributed by atoms with Crippen LogP contribution in [0.25, 0.3) is 22.2 Å². The van der Waals surface area contributed by atoms with Crippen molar-refractivity contribution in [3.8, 4) is 22.8 Å². The van der Waals surface area contributed by atoms with Gasteiger partial charge in [0.25, 0.3) is 5.91 Å². The number of para-hydroxylation sites is 1. The first-order chi connectivity index (χ1) is 16.6. The number of amides is 1. The van der Waals surface area contributed by atoms with E-state index in [4.69, 9.17) is 9.47 Å². The molecule has 34 heavy (non-hydrogen) atoms. The number of hydrazone groups is 1. The van der Waals surface area contributed by atoms with E-state index in [1.54, 1.807) is 38.6 Å². The average molecular weight is 456 g/mol. The summed E-state index contributed by atoms with van der Waals surface area (Å²) in [5.74, 6) is 0.964. The predicted molar refractivity (Wildman–Crippen MR) is 137 cm³/mol. The number of methoxy groups -OCH3 is 2. The summed E-state index contributed by atoms with van der Waals surface area (Å²) in [5, 5.41) is 5.37. The number of nitrogens with one attached hydrogen (secondary N) is 2. The molecular weight excluding hydrogens is 426 g/mol. The molecule has 3 aromatic carbocycles. The number of carbonyl (C=O) groups excluding carboxylic acids is 1. The van der Waals surface area contributed by atoms with Crippen LogP contribution in [0.1, 0.15) is 41.3 Å². The molecule has 0 bridgehead atoms. The molecule has 0 aliphatic carbocycles. The lowest BCUT2D eigenvalue weighted by Crippen LogP contribution is -2.18. The van der Waals surface area contributed by atoms with Crippen LogP contribution in [0, 0.1) is 0 Å². The van der Waals surface area contributed by atoms with Crippen molar-refractivity contribution in [2.75, 3.05) is 14.2 Å². The third kappa shape index (κ3) is 4.96. The lowest BCUT2D eigenvalue weighted by molar-refractivity contribution is 0.0952. The molecular formula is C28H29N3O3. The first-order valence-corrected chi connectivity index (χ1v) is 11.4. The number of H-pyrrole nitrogens is 1. The Kier molecular flexibility index (Phi) is 7.28. The van der Waals surface area contributed by atoms with Gasteiger partial charge in [0.1, 0.15) is 11.5 Å². The second kappa shape index (κ2) is 10.7. The molecule has 6 heteroatoms. The van der Waals surface area contributed by atoms with Crippen molar-refractivity contribution in [3.63, 3.8) is 0 Å². The van der Waals surface area contributed by atoms with Crippen LogP contribution in [0.4, 0.5) is 0 Å². The number of aromatic amines is 1. The fourth-order valence-corrected chi connectivity index (χ4v) is 3.96. The number of hydrogen-bond acceptors (Lipinski definition) is 4. The van der Waals surface area contributed by atoms with Crippen molar-refractivity contribution in [3.05, 3.63) is 83.4 Å². The summed E-state index contributed by atoms with van der Waals surface area (Å²) in [5.41, 5.74) is 8.22. The monoisotopic (exact) mass is 455 g/mol. The summed E-state index contributed by atoms with van der Waals surface area (Å²) >= 11 is 0. The van der Waals surface area contributed by atoms with E-state index < -0.39 is 0 Å². The molecule has 0 aliphatic heterocycles. The Bertz CT molecular complexity index is 1310. The van der Waals surface area contributed by atoms with Crippen molar-refractivity contribution < 1.29 is 14.3 Å². The number of nitrogens with zero attached hydrogens (tertiary/aromatic N) is 1. The van der Waals surface area contributed by atoms with E-state index in [2.05, 4.69) is 40.6 Å². The Morgan fingerprint density at radius 3 is 2.56 bits per heavy atom. The molecule has 0 atom stereocenters. The minimum atomic E-state index is -0.330. The highest BCUT2D eigenvalue weighted by Gasteiger charge is 2.14. The molecule has 0 saturated carbocycles. The van der Waals surface area contributed by atoms with E-state index in [1.807, 2.05) is 30.3 Å². The largest absolute Gasteiger partial charge is 0.497 e. The first-order valence-electron chi connectivity index (χ1n) is 11.4. The maximum absolute atomic E-state index is 12.7. The molecule has 0 saturated heterocycles. The number of hydrogen-bond donors (Lipinski definition) is 2. The van der Waals surface area contributed by atoms with Crippen LogP contribution in [0.5, 0.6) is 11.5 Å². The average Bonchev–Trinajstić information content (AvgIpc) is 3.25. The Balaban J connectivity index is 1.70. The summed E-state index contributed by atoms with van der Waals surface area (Å²) in [6, 6.07) is 21.4. The second-order valence-electron chi connectivity index (χ2n) is 8.03. The van der Waals surface area contributed by atoms with Gasteiger partial charge in [-0.15, -0.1) is 0 Å². The van der Waals surface area contributed by atoms with Gasteiger partial charge in [-0.2, -0.15) is 5.10 Å². The van der Waals surface area contributed by atoms with Crippen molar-refractivity contribution in [2.24, 2.45) is 5.10 Å². The number of fused-ring (bicyclic) bond motifs is 1. The van der Waals surface area contributed by atoms with Crippen LogP contribution in [0.15, 0.2) is 71.8 Å². The number of ether oxygens (including phenoxy) is 2. The van der Waals surface area contributed by atoms with Gasteiger partial charge in [-0.25, -0.2) is 5.43 Å². The third-order valence-electron chi connectivity index (χ3n) is 5.81. The van der Waals surface area contributed by atoms with E-state index in [1.165, 1.54) is 5.56 Å². The normalized spacial score (nSPS) is 11.1. The van der Waals surface area contributed by atoms with E-state index in [9.17, 15) is 4.79 Å². The Labute approximate surface area is 199 Å². The van der Waals surface area contributed by atoms with E-state index in [0.29, 0.717) is 11.3 Å². The minimum Gasteiger partial charge on any atom is -0.497 e. The highest BCUT2D eigenvalue weighted by Crippen LogP contribution is 2.31. The molecule has 0 radical (unpaired) electrons. The molecule has 1 amide bonds. The van der Waals surface area contributed by atoms with Crippen LogP contribution in [-0.2, 0) is 6.42 Å². The zero-order valence-electron chi connectivity index (χ0n) is 19.7. The van der Waals surface area contributed by atoms with Gasteiger partial charge in [0.05, 0.1) is 31.7 Å². The van der Waals surface area contributed by atoms with Crippen LogP contribution >= 0.6 is 0 Å². The van der Waals surface area contributed by atoms with E-state index >= 15 is 0 Å². The number of rotatable bonds is 9. The van der Waals surface area contributed by atoms with Crippen LogP contribution in [0.3, 0.4) is 0 Å². The number of aromatic nitrogens is 1. The van der Waals surface area contributed by atoms with Gasteiger partial charge < -0.3 is 14.5 Å². The van der Waals surface area contributed by atoms with Crippen LogP contribution < -0.4 is 14.9 Å². The van der Waals surface area contributed by atoms with E-state index in [0.717, 1.165) is 52.7 Å². The second-order valence-corrected chi connectivity index (χ2v) is 8.03. The molecule has 4 aromatic rings. The third-order valence-corrected chi connectivity index (χ3v) is 5.81. The van der Waals surface area contributed by atoms with E-state index in [-0.39, 0.29) is 5.91 Å². The van der Waals surface area contributed by atoms with Crippen molar-refractivity contribution in [1.82, 2.24) is 10.4 Å². The van der Waals surface area contributed by atoms with Crippen molar-refractivity contribution in [2.45, 2.75) is 26.2 Å². The van der Waals surface area contributed by atoms with Crippen molar-refractivity contribution in [1.29, 1.82) is 0 Å². The first kappa shape index (κ1) is 23.1. The van der Waals surface area contributed by atoms with Gasteiger partial charge >= 0.3 is 0 Å². The number of benzene rings is 3. The number of unbranched alkanes of at least 4 members (excludes halogenated alkanes) is 1. The smallest absolute Gasteiger partial charge is 0.275 e. The standard InChI is InChI=1S/C28H29N3O3/c1-4-5-8-19-11-16-25-23(17-19)24(27(30-25)20-12-14-21(33-2)15-13-20)18-29-31-28(32)22-9-6-7-10-26(22)34-3/h6-7,9-18,30H,4-5,8H2,1-3H3,(H,31,32)/b29-18+. The quantitative estimate of drug-likeness (QED) is 0.242. The molecule has 0 fully saturated rings. The molecule has 0 aliphatic rings. The molecule has 0 spiro atoms. The maximum atomic E-state index is 12.7. The SMILES string of the molecule is CCCCc1ccc2[nH]c(-c3ccc(OC)cc3)c(/C=N/NC(=O)c3ccccc3OC)c2c1. The molecule has 6 nitrogen and oxygen atoms in total. The number of aryl methyl sites for hydroxylation is 1. The lowest BCUT2D eigenvalue weighted by Gasteiger charge is -2.06. The molecule has 1 aromatic heterocycles. The van der Waals surface area contributed by atoms with Crippen molar-refractivity contribution >= 4 is 23.0 Å². The summed E-state index contributed by atoms with van der Waals surface area (Å²) in [7, 11) is 3.19. The summed E-state index contributed by atoms with van der Waals surface area (Å²) < 4.78 is 10.6. The summed E-state index contributed by atoms with van der Waals surface area (Å²) in [6.45, 7) is 2.19. The summed E-state index contributed by atoms with van der Waals surface area (Å²) in [6.07, 6.45) is 5.01. The molecule has 2 N–H and O–H groups in total. The molecule has 1 heterocycles. The van der Waals surface area contributed by atoms with Gasteiger partial charge in [0, 0.05) is 16.5 Å². The van der Waals surface area contributed by atoms with Gasteiger partial charge in [0.2, 0.25) is 0 Å². The van der Waals surface area contributed by atoms with Crippen LogP contribution in [0.2, 0.25) is 0 Å². The number of carbonyl (C=O) groups is 1. The Morgan fingerprint density at radius 1 is 1.03 bits per heavy atom. The fraction of sp³-hybridized carbons (Fsp3) is 0.214. The van der Waals surface area contributed by atoms with Gasteiger partial charge in [0.15, 0.2) is 0 Å². The molecule has 174 valence electrons. The minimum absolute atomic E-state index is 0.330.